The molecule has 0 amide bonds. The molecule has 0 spiro atoms. The Morgan fingerprint density at radius 2 is 1.90 bits per heavy atom. The molecule has 1 saturated carbocycles. The van der Waals surface area contributed by atoms with E-state index in [4.69, 9.17) is 10.9 Å². The summed E-state index contributed by atoms with van der Waals surface area (Å²) in [5, 5.41) is 9.00. The first-order valence-electron chi connectivity index (χ1n) is 3.92. The Bertz CT molecular complexity index is 93.8. The fourth-order valence-electron chi connectivity index (χ4n) is 1.58. The summed E-state index contributed by atoms with van der Waals surface area (Å²) >= 11 is 0. The zero-order chi connectivity index (χ0) is 7.45. The van der Waals surface area contributed by atoms with Crippen LogP contribution in [0.25, 0.3) is 0 Å². The highest BCUT2D eigenvalue weighted by Crippen LogP contribution is 2.26. The first-order chi connectivity index (χ1) is 4.83. The number of nitrogens with one attached hydrogen (secondary N) is 1. The first kappa shape index (κ1) is 7.98. The van der Waals surface area contributed by atoms with Crippen molar-refractivity contribution in [2.45, 2.75) is 37.6 Å². The molecule has 0 heterocycles. The SMILES string of the molecule is NNC1(CO)CCCCC1. The van der Waals surface area contributed by atoms with Gasteiger partial charge >= 0.3 is 0 Å². The minimum Gasteiger partial charge on any atom is -0.394 e. The monoisotopic (exact) mass is 144 g/mol. The van der Waals surface area contributed by atoms with E-state index in [-0.39, 0.29) is 12.1 Å². The maximum Gasteiger partial charge on any atom is 0.0626 e. The molecular formula is C7H16N2O. The van der Waals surface area contributed by atoms with Gasteiger partial charge in [-0.05, 0) is 12.8 Å². The van der Waals surface area contributed by atoms with Crippen LogP contribution < -0.4 is 11.3 Å². The lowest BCUT2D eigenvalue weighted by Crippen LogP contribution is -2.53. The topological polar surface area (TPSA) is 58.3 Å². The molecule has 0 aromatic carbocycles. The van der Waals surface area contributed by atoms with Crippen LogP contribution in [-0.2, 0) is 0 Å². The van der Waals surface area contributed by atoms with Crippen LogP contribution in [0, 0.1) is 0 Å². The van der Waals surface area contributed by atoms with E-state index in [9.17, 15) is 0 Å². The summed E-state index contributed by atoms with van der Waals surface area (Å²) in [6.45, 7) is 0.170. The van der Waals surface area contributed by atoms with Gasteiger partial charge in [-0.15, -0.1) is 0 Å². The van der Waals surface area contributed by atoms with Crippen molar-refractivity contribution in [3.8, 4) is 0 Å². The van der Waals surface area contributed by atoms with Gasteiger partial charge in [0.15, 0.2) is 0 Å². The summed E-state index contributed by atoms with van der Waals surface area (Å²) in [5.74, 6) is 5.34. The van der Waals surface area contributed by atoms with Gasteiger partial charge in [-0.3, -0.25) is 11.3 Å². The van der Waals surface area contributed by atoms with Crippen LogP contribution in [0.3, 0.4) is 0 Å². The number of aliphatic hydroxyl groups excluding tert-OH is 1. The second kappa shape index (κ2) is 3.32. The van der Waals surface area contributed by atoms with E-state index in [1.807, 2.05) is 0 Å². The van der Waals surface area contributed by atoms with Crippen LogP contribution in [0.5, 0.6) is 0 Å². The third-order valence-electron chi connectivity index (χ3n) is 2.42. The second-order valence-corrected chi connectivity index (χ2v) is 3.14. The zero-order valence-electron chi connectivity index (χ0n) is 6.27. The van der Waals surface area contributed by atoms with Gasteiger partial charge in [-0.25, -0.2) is 0 Å². The molecule has 10 heavy (non-hydrogen) atoms. The smallest absolute Gasteiger partial charge is 0.0626 e. The molecule has 1 aliphatic carbocycles. The molecule has 0 atom stereocenters. The van der Waals surface area contributed by atoms with E-state index in [0.717, 1.165) is 12.8 Å². The van der Waals surface area contributed by atoms with Gasteiger partial charge in [0.25, 0.3) is 0 Å². The largest absolute Gasteiger partial charge is 0.394 e. The van der Waals surface area contributed by atoms with Crippen molar-refractivity contribution in [1.29, 1.82) is 0 Å². The lowest BCUT2D eigenvalue weighted by Gasteiger charge is -2.34. The molecule has 1 fully saturated rings. The second-order valence-electron chi connectivity index (χ2n) is 3.14. The Balaban J connectivity index is 2.44. The molecular weight excluding hydrogens is 128 g/mol. The fraction of sp³-hybridized carbons (Fsp3) is 1.00. The van der Waals surface area contributed by atoms with E-state index in [1.165, 1.54) is 19.3 Å². The Hall–Kier alpha value is -0.120. The van der Waals surface area contributed by atoms with Gasteiger partial charge in [-0.2, -0.15) is 0 Å². The minimum absolute atomic E-state index is 0.155. The van der Waals surface area contributed by atoms with Crippen LogP contribution in [0.4, 0.5) is 0 Å². The average molecular weight is 144 g/mol. The highest BCUT2D eigenvalue weighted by molar-refractivity contribution is 4.87. The first-order valence-corrected chi connectivity index (χ1v) is 3.92. The molecule has 0 radical (unpaired) electrons. The highest BCUT2D eigenvalue weighted by Gasteiger charge is 2.29. The van der Waals surface area contributed by atoms with Crippen LogP contribution in [0.2, 0.25) is 0 Å². The molecule has 60 valence electrons. The molecule has 0 unspecified atom stereocenters. The summed E-state index contributed by atoms with van der Waals surface area (Å²) < 4.78 is 0. The van der Waals surface area contributed by atoms with Crippen molar-refractivity contribution in [3.63, 3.8) is 0 Å². The van der Waals surface area contributed by atoms with E-state index in [1.54, 1.807) is 0 Å². The maximum atomic E-state index is 9.00. The third kappa shape index (κ3) is 1.48. The standard InChI is InChI=1S/C7H16N2O/c8-9-7(6-10)4-2-1-3-5-7/h9-10H,1-6,8H2. The molecule has 0 saturated heterocycles. The number of nitrogens with two attached hydrogens (primary N) is 1. The predicted octanol–water partition coefficient (Wildman–Crippen LogP) is 0.145. The quantitative estimate of drug-likeness (QED) is 0.382. The fourth-order valence-corrected chi connectivity index (χ4v) is 1.58. The Morgan fingerprint density at radius 1 is 1.30 bits per heavy atom. The molecule has 4 N–H and O–H groups in total. The van der Waals surface area contributed by atoms with E-state index in [2.05, 4.69) is 5.43 Å². The average Bonchev–Trinajstić information content (AvgIpc) is 2.06. The molecule has 1 rings (SSSR count). The lowest BCUT2D eigenvalue weighted by molar-refractivity contribution is 0.122. The van der Waals surface area contributed by atoms with Gasteiger partial charge < -0.3 is 5.11 Å². The van der Waals surface area contributed by atoms with Gasteiger partial charge in [0.2, 0.25) is 0 Å². The third-order valence-corrected chi connectivity index (χ3v) is 2.42. The van der Waals surface area contributed by atoms with Gasteiger partial charge in [0.05, 0.1) is 12.1 Å². The predicted molar refractivity (Wildman–Crippen MR) is 40.2 cm³/mol. The van der Waals surface area contributed by atoms with Crippen molar-refractivity contribution in [2.24, 2.45) is 5.84 Å². The molecule has 3 nitrogen and oxygen atoms in total. The van der Waals surface area contributed by atoms with Crippen molar-refractivity contribution in [2.75, 3.05) is 6.61 Å². The summed E-state index contributed by atoms with van der Waals surface area (Å²) in [5.41, 5.74) is 2.56. The number of aliphatic hydroxyl groups is 1. The van der Waals surface area contributed by atoms with Crippen molar-refractivity contribution >= 4 is 0 Å². The number of rotatable bonds is 2. The molecule has 0 aromatic rings. The minimum atomic E-state index is -0.155. The number of hydrogen-bond donors (Lipinski definition) is 3. The van der Waals surface area contributed by atoms with Crippen molar-refractivity contribution in [1.82, 2.24) is 5.43 Å². The van der Waals surface area contributed by atoms with Crippen LogP contribution >= 0.6 is 0 Å². The van der Waals surface area contributed by atoms with Crippen molar-refractivity contribution in [3.05, 3.63) is 0 Å². The molecule has 0 aromatic heterocycles. The normalized spacial score (nSPS) is 24.6. The molecule has 1 aliphatic rings. The summed E-state index contributed by atoms with van der Waals surface area (Å²) in [7, 11) is 0. The van der Waals surface area contributed by atoms with Crippen molar-refractivity contribution < 1.29 is 5.11 Å². The Morgan fingerprint density at radius 3 is 2.20 bits per heavy atom. The number of hydrazine groups is 1. The Labute approximate surface area is 61.6 Å². The van der Waals surface area contributed by atoms with Crippen LogP contribution in [0.15, 0.2) is 0 Å². The summed E-state index contributed by atoms with van der Waals surface area (Å²) in [6.07, 6.45) is 5.68. The van der Waals surface area contributed by atoms with E-state index >= 15 is 0 Å². The van der Waals surface area contributed by atoms with Crippen LogP contribution in [-0.4, -0.2) is 17.3 Å². The Kier molecular flexibility index (Phi) is 2.65. The molecule has 0 bridgehead atoms. The summed E-state index contributed by atoms with van der Waals surface area (Å²) in [4.78, 5) is 0. The highest BCUT2D eigenvalue weighted by atomic mass is 16.3. The van der Waals surface area contributed by atoms with E-state index in [0.29, 0.717) is 0 Å². The van der Waals surface area contributed by atoms with E-state index < -0.39 is 0 Å². The zero-order valence-corrected chi connectivity index (χ0v) is 6.27. The maximum absolute atomic E-state index is 9.00. The van der Waals surface area contributed by atoms with Gasteiger partial charge in [0, 0.05) is 0 Å². The summed E-state index contributed by atoms with van der Waals surface area (Å²) in [6, 6.07) is 0. The molecule has 3 heteroatoms. The lowest BCUT2D eigenvalue weighted by atomic mass is 9.83. The number of hydrogen-bond acceptors (Lipinski definition) is 3. The van der Waals surface area contributed by atoms with Gasteiger partial charge in [0.1, 0.15) is 0 Å². The van der Waals surface area contributed by atoms with Crippen LogP contribution in [0.1, 0.15) is 32.1 Å². The van der Waals surface area contributed by atoms with Gasteiger partial charge in [-0.1, -0.05) is 19.3 Å². The molecule has 0 aliphatic heterocycles.